The molecule has 0 spiro atoms. The maximum absolute atomic E-state index is 12.4. The van der Waals surface area contributed by atoms with E-state index in [4.69, 9.17) is 4.42 Å². The molecule has 0 saturated heterocycles. The van der Waals surface area contributed by atoms with E-state index in [0.717, 1.165) is 0 Å². The monoisotopic (exact) mass is 314 g/mol. The van der Waals surface area contributed by atoms with E-state index in [1.54, 1.807) is 7.05 Å². The number of aryl methyl sites for hydroxylation is 1. The van der Waals surface area contributed by atoms with E-state index in [0.29, 0.717) is 16.5 Å². The van der Waals surface area contributed by atoms with Gasteiger partial charge in [-0.05, 0) is 22.7 Å². The second-order valence-electron chi connectivity index (χ2n) is 5.49. The normalized spacial score (nSPS) is 11.3. The van der Waals surface area contributed by atoms with Gasteiger partial charge in [0, 0.05) is 13.1 Å². The van der Waals surface area contributed by atoms with Gasteiger partial charge in [-0.2, -0.15) is 5.10 Å². The number of phenols is 1. The zero-order valence-electron chi connectivity index (χ0n) is 12.8. The number of hydrogen-bond donors (Lipinski definition) is 1. The van der Waals surface area contributed by atoms with Crippen molar-refractivity contribution in [1.29, 1.82) is 0 Å². The second kappa shape index (κ2) is 5.31. The standard InChI is InChI=1S/C15H14N4O4/c1-7(2)9-4-8(20)5-11-12(9)15(21)23-14(17-11)10-6-16-19(3)13(10)18-22/h4-7,20H,1-3H3. The van der Waals surface area contributed by atoms with Crippen molar-refractivity contribution < 1.29 is 9.52 Å². The lowest BCUT2D eigenvalue weighted by molar-refractivity contribution is 0.474. The first-order chi connectivity index (χ1) is 10.9. The number of nitroso groups, excluding NO2 is 1. The highest BCUT2D eigenvalue weighted by Crippen LogP contribution is 2.31. The van der Waals surface area contributed by atoms with Crippen LogP contribution in [-0.2, 0) is 7.05 Å². The number of fused-ring (bicyclic) bond motifs is 1. The van der Waals surface area contributed by atoms with Gasteiger partial charge in [-0.25, -0.2) is 14.5 Å². The Morgan fingerprint density at radius 3 is 2.74 bits per heavy atom. The van der Waals surface area contributed by atoms with E-state index in [2.05, 4.69) is 15.3 Å². The molecule has 0 aliphatic carbocycles. The SMILES string of the molecule is CC(C)c1cc(O)cc2nc(-c3cnn(C)c3N=O)oc(=O)c12. The smallest absolute Gasteiger partial charge is 0.347 e. The van der Waals surface area contributed by atoms with Crippen molar-refractivity contribution in [2.45, 2.75) is 19.8 Å². The van der Waals surface area contributed by atoms with Crippen molar-refractivity contribution in [1.82, 2.24) is 14.8 Å². The van der Waals surface area contributed by atoms with Crippen LogP contribution in [0.1, 0.15) is 25.3 Å². The summed E-state index contributed by atoms with van der Waals surface area (Å²) in [5.74, 6) is -0.0503. The van der Waals surface area contributed by atoms with Crippen LogP contribution in [0.15, 0.2) is 32.7 Å². The van der Waals surface area contributed by atoms with Gasteiger partial charge < -0.3 is 9.52 Å². The number of rotatable bonds is 3. The molecule has 0 aliphatic rings. The molecule has 2 heterocycles. The Labute approximate surface area is 130 Å². The number of nitrogens with zero attached hydrogens (tertiary/aromatic N) is 4. The number of benzene rings is 1. The number of hydrogen-bond acceptors (Lipinski definition) is 7. The molecule has 23 heavy (non-hydrogen) atoms. The van der Waals surface area contributed by atoms with Gasteiger partial charge in [0.05, 0.1) is 17.1 Å². The number of aromatic hydroxyl groups is 1. The van der Waals surface area contributed by atoms with Gasteiger partial charge in [0.25, 0.3) is 0 Å². The Bertz CT molecular complexity index is 972. The quantitative estimate of drug-likeness (QED) is 0.744. The van der Waals surface area contributed by atoms with E-state index in [1.165, 1.54) is 23.0 Å². The minimum absolute atomic E-state index is 0.00392. The Morgan fingerprint density at radius 1 is 1.35 bits per heavy atom. The van der Waals surface area contributed by atoms with Crippen LogP contribution in [0, 0.1) is 4.91 Å². The summed E-state index contributed by atoms with van der Waals surface area (Å²) in [6, 6.07) is 2.90. The van der Waals surface area contributed by atoms with Gasteiger partial charge in [0.2, 0.25) is 11.7 Å². The molecule has 1 N–H and O–H groups in total. The van der Waals surface area contributed by atoms with E-state index in [1.807, 2.05) is 13.8 Å². The molecule has 0 amide bonds. The molecule has 8 heteroatoms. The molecule has 8 nitrogen and oxygen atoms in total. The Hall–Kier alpha value is -3.03. The molecular weight excluding hydrogens is 300 g/mol. The first kappa shape index (κ1) is 14.9. The van der Waals surface area contributed by atoms with E-state index < -0.39 is 5.63 Å². The second-order valence-corrected chi connectivity index (χ2v) is 5.49. The van der Waals surface area contributed by atoms with Crippen LogP contribution in [0.5, 0.6) is 5.75 Å². The maximum atomic E-state index is 12.4. The molecule has 3 aromatic rings. The lowest BCUT2D eigenvalue weighted by atomic mass is 9.99. The lowest BCUT2D eigenvalue weighted by Crippen LogP contribution is -2.07. The van der Waals surface area contributed by atoms with Crippen LogP contribution in [-0.4, -0.2) is 19.9 Å². The lowest BCUT2D eigenvalue weighted by Gasteiger charge is -2.09. The van der Waals surface area contributed by atoms with Crippen LogP contribution in [0.2, 0.25) is 0 Å². The summed E-state index contributed by atoms with van der Waals surface area (Å²) < 4.78 is 6.52. The van der Waals surface area contributed by atoms with E-state index in [-0.39, 0.29) is 28.9 Å². The predicted molar refractivity (Wildman–Crippen MR) is 83.7 cm³/mol. The highest BCUT2D eigenvalue weighted by Gasteiger charge is 2.19. The molecule has 2 aromatic heterocycles. The molecule has 0 fully saturated rings. The fourth-order valence-corrected chi connectivity index (χ4v) is 2.48. The molecule has 0 aliphatic heterocycles. The summed E-state index contributed by atoms with van der Waals surface area (Å²) in [5, 5.41) is 17.0. The topological polar surface area (TPSA) is 111 Å². The fourth-order valence-electron chi connectivity index (χ4n) is 2.48. The molecule has 0 atom stereocenters. The summed E-state index contributed by atoms with van der Waals surface area (Å²) in [7, 11) is 1.54. The Balaban J connectivity index is 2.35. The Kier molecular flexibility index (Phi) is 3.44. The van der Waals surface area contributed by atoms with E-state index >= 15 is 0 Å². The van der Waals surface area contributed by atoms with Gasteiger partial charge in [-0.3, -0.25) is 0 Å². The first-order valence-electron chi connectivity index (χ1n) is 6.96. The molecule has 0 saturated carbocycles. The van der Waals surface area contributed by atoms with Gasteiger partial charge in [0.1, 0.15) is 11.3 Å². The van der Waals surface area contributed by atoms with Crippen molar-refractivity contribution >= 4 is 16.7 Å². The largest absolute Gasteiger partial charge is 0.508 e. The summed E-state index contributed by atoms with van der Waals surface area (Å²) in [6.07, 6.45) is 1.35. The highest BCUT2D eigenvalue weighted by molar-refractivity contribution is 5.84. The zero-order valence-corrected chi connectivity index (χ0v) is 12.8. The van der Waals surface area contributed by atoms with Gasteiger partial charge >= 0.3 is 5.63 Å². The third-order valence-electron chi connectivity index (χ3n) is 3.59. The molecular formula is C15H14N4O4. The minimum Gasteiger partial charge on any atom is -0.508 e. The summed E-state index contributed by atoms with van der Waals surface area (Å²) in [4.78, 5) is 27.6. The van der Waals surface area contributed by atoms with Crippen LogP contribution in [0.4, 0.5) is 5.82 Å². The summed E-state index contributed by atoms with van der Waals surface area (Å²) in [5.41, 5.74) is 0.568. The van der Waals surface area contributed by atoms with Crippen molar-refractivity contribution in [3.05, 3.63) is 39.2 Å². The average Bonchev–Trinajstić information content (AvgIpc) is 2.86. The first-order valence-corrected chi connectivity index (χ1v) is 6.96. The summed E-state index contributed by atoms with van der Waals surface area (Å²) >= 11 is 0. The van der Waals surface area contributed by atoms with Crippen LogP contribution in [0.3, 0.4) is 0 Å². The third kappa shape index (κ3) is 2.37. The zero-order chi connectivity index (χ0) is 16.7. The molecule has 118 valence electrons. The van der Waals surface area contributed by atoms with Crippen LogP contribution in [0.25, 0.3) is 22.4 Å². The third-order valence-corrected chi connectivity index (χ3v) is 3.59. The maximum Gasteiger partial charge on any atom is 0.347 e. The van der Waals surface area contributed by atoms with Crippen molar-refractivity contribution in [3.63, 3.8) is 0 Å². The molecule has 0 radical (unpaired) electrons. The van der Waals surface area contributed by atoms with Crippen molar-refractivity contribution in [2.24, 2.45) is 12.2 Å². The van der Waals surface area contributed by atoms with Gasteiger partial charge in [0.15, 0.2) is 0 Å². The predicted octanol–water partition coefficient (Wildman–Crippen LogP) is 2.82. The number of aromatic nitrogens is 3. The average molecular weight is 314 g/mol. The highest BCUT2D eigenvalue weighted by atomic mass is 16.4. The summed E-state index contributed by atoms with van der Waals surface area (Å²) in [6.45, 7) is 3.80. The van der Waals surface area contributed by atoms with Crippen LogP contribution >= 0.6 is 0 Å². The Morgan fingerprint density at radius 2 is 2.09 bits per heavy atom. The van der Waals surface area contributed by atoms with Gasteiger partial charge in [-0.15, -0.1) is 4.91 Å². The molecule has 0 bridgehead atoms. The van der Waals surface area contributed by atoms with E-state index in [9.17, 15) is 14.8 Å². The van der Waals surface area contributed by atoms with Gasteiger partial charge in [-0.1, -0.05) is 13.8 Å². The van der Waals surface area contributed by atoms with Crippen molar-refractivity contribution in [3.8, 4) is 17.2 Å². The fraction of sp³-hybridized carbons (Fsp3) is 0.267. The van der Waals surface area contributed by atoms with Crippen molar-refractivity contribution in [2.75, 3.05) is 0 Å². The molecule has 0 unspecified atom stereocenters. The minimum atomic E-state index is -0.589. The van der Waals surface area contributed by atoms with Crippen LogP contribution < -0.4 is 5.63 Å². The molecule has 1 aromatic carbocycles. The molecule has 3 rings (SSSR count). The number of phenolic OH excluding ortho intramolecular Hbond substituents is 1.